The molecule has 0 saturated heterocycles. The van der Waals surface area contributed by atoms with E-state index in [1.165, 1.54) is 0 Å². The number of carbonyl (C=O) groups is 3. The molecule has 0 spiro atoms. The number of ketones is 1. The molecule has 1 N–H and O–H groups in total. The molecule has 0 aliphatic heterocycles. The van der Waals surface area contributed by atoms with Crippen LogP contribution in [0.15, 0.2) is 24.3 Å². The Morgan fingerprint density at radius 3 is 2.57 bits per heavy atom. The van der Waals surface area contributed by atoms with Crippen molar-refractivity contribution < 1.29 is 23.9 Å². The highest BCUT2D eigenvalue weighted by molar-refractivity contribution is 6.05. The standard InChI is InChI=1S/C23H28N2O5/c1-5-30-23(28)21-14(2)20(15(3)24-21)19(26)13-25(12-16-9-10-16)22(27)17-7-6-8-18(11-17)29-4/h6-8,11,16,24H,5,9-10,12-13H2,1-4H3. The molecule has 2 aromatic rings. The molecule has 1 aliphatic carbocycles. The van der Waals surface area contributed by atoms with Crippen LogP contribution in [0.4, 0.5) is 0 Å². The normalized spacial score (nSPS) is 13.1. The van der Waals surface area contributed by atoms with Crippen LogP contribution in [0.3, 0.4) is 0 Å². The fourth-order valence-electron chi connectivity index (χ4n) is 3.60. The van der Waals surface area contributed by atoms with E-state index in [1.54, 1.807) is 57.0 Å². The van der Waals surface area contributed by atoms with E-state index < -0.39 is 5.97 Å². The lowest BCUT2D eigenvalue weighted by Gasteiger charge is -2.22. The number of methoxy groups -OCH3 is 1. The number of nitrogens with one attached hydrogen (secondary N) is 1. The summed E-state index contributed by atoms with van der Waals surface area (Å²) < 4.78 is 10.3. The molecule has 0 bridgehead atoms. The van der Waals surface area contributed by atoms with Gasteiger partial charge in [0, 0.05) is 23.4 Å². The number of H-pyrrole nitrogens is 1. The topological polar surface area (TPSA) is 88.7 Å². The predicted octanol–water partition coefficient (Wildman–Crippen LogP) is 3.55. The number of hydrogen-bond acceptors (Lipinski definition) is 5. The highest BCUT2D eigenvalue weighted by atomic mass is 16.5. The quantitative estimate of drug-likeness (QED) is 0.503. The molecule has 1 saturated carbocycles. The summed E-state index contributed by atoms with van der Waals surface area (Å²) in [6.45, 7) is 5.94. The van der Waals surface area contributed by atoms with Crippen molar-refractivity contribution in [2.24, 2.45) is 5.92 Å². The van der Waals surface area contributed by atoms with E-state index in [0.717, 1.165) is 12.8 Å². The van der Waals surface area contributed by atoms with Crippen molar-refractivity contribution in [3.05, 3.63) is 52.3 Å². The first-order valence-corrected chi connectivity index (χ1v) is 10.2. The van der Waals surface area contributed by atoms with Gasteiger partial charge in [0.15, 0.2) is 5.78 Å². The van der Waals surface area contributed by atoms with Crippen LogP contribution >= 0.6 is 0 Å². The van der Waals surface area contributed by atoms with E-state index in [4.69, 9.17) is 9.47 Å². The van der Waals surface area contributed by atoms with Crippen LogP contribution in [0.1, 0.15) is 62.2 Å². The van der Waals surface area contributed by atoms with E-state index in [9.17, 15) is 14.4 Å². The SMILES string of the molecule is CCOC(=O)c1[nH]c(C)c(C(=O)CN(CC2CC2)C(=O)c2cccc(OC)c2)c1C. The summed E-state index contributed by atoms with van der Waals surface area (Å²) in [5, 5.41) is 0. The number of rotatable bonds is 9. The van der Waals surface area contributed by atoms with Gasteiger partial charge in [-0.2, -0.15) is 0 Å². The summed E-state index contributed by atoms with van der Waals surface area (Å²) in [4.78, 5) is 43.0. The second-order valence-corrected chi connectivity index (χ2v) is 7.63. The first-order valence-electron chi connectivity index (χ1n) is 10.2. The minimum Gasteiger partial charge on any atom is -0.497 e. The lowest BCUT2D eigenvalue weighted by molar-refractivity contribution is 0.0519. The predicted molar refractivity (Wildman–Crippen MR) is 112 cm³/mol. The Kier molecular flexibility index (Phi) is 6.59. The zero-order valence-electron chi connectivity index (χ0n) is 17.9. The fourth-order valence-corrected chi connectivity index (χ4v) is 3.60. The summed E-state index contributed by atoms with van der Waals surface area (Å²) in [7, 11) is 1.55. The van der Waals surface area contributed by atoms with Crippen LogP contribution in [0.5, 0.6) is 5.75 Å². The van der Waals surface area contributed by atoms with E-state index in [2.05, 4.69) is 4.98 Å². The molecule has 1 amide bonds. The summed E-state index contributed by atoms with van der Waals surface area (Å²) in [5.74, 6) is 0.129. The second kappa shape index (κ2) is 9.15. The largest absolute Gasteiger partial charge is 0.497 e. The Balaban J connectivity index is 1.84. The van der Waals surface area contributed by atoms with Gasteiger partial charge in [0.05, 0.1) is 20.3 Å². The van der Waals surface area contributed by atoms with E-state index in [-0.39, 0.29) is 30.5 Å². The Hall–Kier alpha value is -3.09. The van der Waals surface area contributed by atoms with Gasteiger partial charge in [-0.05, 0) is 63.3 Å². The molecule has 7 nitrogen and oxygen atoms in total. The lowest BCUT2D eigenvalue weighted by Crippen LogP contribution is -2.37. The van der Waals surface area contributed by atoms with Crippen LogP contribution in [-0.4, -0.2) is 54.3 Å². The average molecular weight is 412 g/mol. The summed E-state index contributed by atoms with van der Waals surface area (Å²) in [6.07, 6.45) is 2.12. The Morgan fingerprint density at radius 1 is 1.20 bits per heavy atom. The van der Waals surface area contributed by atoms with Gasteiger partial charge in [0.1, 0.15) is 11.4 Å². The molecule has 1 aliphatic rings. The molecule has 30 heavy (non-hydrogen) atoms. The highest BCUT2D eigenvalue weighted by Crippen LogP contribution is 2.31. The first kappa shape index (κ1) is 21.6. The average Bonchev–Trinajstić information content (AvgIpc) is 3.49. The van der Waals surface area contributed by atoms with Gasteiger partial charge in [-0.3, -0.25) is 9.59 Å². The second-order valence-electron chi connectivity index (χ2n) is 7.63. The molecule has 1 aromatic carbocycles. The van der Waals surface area contributed by atoms with Crippen molar-refractivity contribution >= 4 is 17.7 Å². The minimum atomic E-state index is -0.487. The molecular formula is C23H28N2O5. The molecule has 1 heterocycles. The van der Waals surface area contributed by atoms with Crippen LogP contribution in [0.25, 0.3) is 0 Å². The smallest absolute Gasteiger partial charge is 0.355 e. The van der Waals surface area contributed by atoms with Crippen LogP contribution in [0, 0.1) is 19.8 Å². The number of ether oxygens (including phenoxy) is 2. The van der Waals surface area contributed by atoms with Gasteiger partial charge in [-0.25, -0.2) is 4.79 Å². The van der Waals surface area contributed by atoms with Crippen LogP contribution in [0.2, 0.25) is 0 Å². The number of aryl methyl sites for hydroxylation is 1. The van der Waals surface area contributed by atoms with Gasteiger partial charge in [0.2, 0.25) is 0 Å². The number of esters is 1. The number of Topliss-reactive ketones (excluding diaryl/α,β-unsaturated/α-hetero) is 1. The summed E-state index contributed by atoms with van der Waals surface area (Å²) >= 11 is 0. The van der Waals surface area contributed by atoms with Gasteiger partial charge in [-0.1, -0.05) is 6.07 Å². The third-order valence-corrected chi connectivity index (χ3v) is 5.31. The van der Waals surface area contributed by atoms with Crippen molar-refractivity contribution in [2.75, 3.05) is 26.8 Å². The lowest BCUT2D eigenvalue weighted by atomic mass is 10.0. The summed E-state index contributed by atoms with van der Waals surface area (Å²) in [5.41, 5.74) is 2.36. The van der Waals surface area contributed by atoms with Crippen molar-refractivity contribution in [3.8, 4) is 5.75 Å². The maximum absolute atomic E-state index is 13.2. The molecular weight excluding hydrogens is 384 g/mol. The van der Waals surface area contributed by atoms with Crippen molar-refractivity contribution in [1.29, 1.82) is 0 Å². The number of aromatic amines is 1. The number of benzene rings is 1. The zero-order chi connectivity index (χ0) is 21.8. The van der Waals surface area contributed by atoms with Crippen molar-refractivity contribution in [1.82, 2.24) is 9.88 Å². The molecule has 160 valence electrons. The van der Waals surface area contributed by atoms with Crippen molar-refractivity contribution in [2.45, 2.75) is 33.6 Å². The Labute approximate surface area is 176 Å². The van der Waals surface area contributed by atoms with Crippen LogP contribution in [-0.2, 0) is 4.74 Å². The van der Waals surface area contributed by atoms with Gasteiger partial charge in [0.25, 0.3) is 5.91 Å². The molecule has 1 fully saturated rings. The number of nitrogens with zero attached hydrogens (tertiary/aromatic N) is 1. The molecule has 0 atom stereocenters. The molecule has 0 unspecified atom stereocenters. The molecule has 0 radical (unpaired) electrons. The Bertz CT molecular complexity index is 958. The maximum atomic E-state index is 13.2. The van der Waals surface area contributed by atoms with E-state index in [0.29, 0.717) is 40.6 Å². The molecule has 3 rings (SSSR count). The number of aromatic nitrogens is 1. The van der Waals surface area contributed by atoms with Gasteiger partial charge < -0.3 is 19.4 Å². The Morgan fingerprint density at radius 2 is 1.93 bits per heavy atom. The van der Waals surface area contributed by atoms with Gasteiger partial charge in [-0.15, -0.1) is 0 Å². The third-order valence-electron chi connectivity index (χ3n) is 5.31. The maximum Gasteiger partial charge on any atom is 0.355 e. The summed E-state index contributed by atoms with van der Waals surface area (Å²) in [6, 6.07) is 6.94. The molecule has 1 aromatic heterocycles. The van der Waals surface area contributed by atoms with E-state index in [1.807, 2.05) is 0 Å². The third kappa shape index (κ3) is 4.72. The number of amides is 1. The zero-order valence-corrected chi connectivity index (χ0v) is 17.9. The first-order chi connectivity index (χ1) is 14.3. The van der Waals surface area contributed by atoms with E-state index >= 15 is 0 Å². The van der Waals surface area contributed by atoms with Crippen LogP contribution < -0.4 is 4.74 Å². The number of carbonyl (C=O) groups excluding carboxylic acids is 3. The minimum absolute atomic E-state index is 0.0473. The molecule has 7 heteroatoms. The van der Waals surface area contributed by atoms with Crippen molar-refractivity contribution in [3.63, 3.8) is 0 Å². The monoisotopic (exact) mass is 412 g/mol. The number of hydrogen-bond donors (Lipinski definition) is 1. The fraction of sp³-hybridized carbons (Fsp3) is 0.435. The van der Waals surface area contributed by atoms with Gasteiger partial charge >= 0.3 is 5.97 Å². The highest BCUT2D eigenvalue weighted by Gasteiger charge is 2.30.